The molecule has 0 radical (unpaired) electrons. The summed E-state index contributed by atoms with van der Waals surface area (Å²) in [5.41, 5.74) is 7.33. The smallest absolute Gasteiger partial charge is 0.488 e. The van der Waals surface area contributed by atoms with Crippen LogP contribution in [0.25, 0.3) is 11.1 Å². The highest BCUT2D eigenvalue weighted by molar-refractivity contribution is 14.1. The van der Waals surface area contributed by atoms with Crippen molar-refractivity contribution >= 4 is 70.3 Å². The zero-order valence-electron chi connectivity index (χ0n) is 34.5. The van der Waals surface area contributed by atoms with E-state index in [0.717, 1.165) is 50.6 Å². The Hall–Kier alpha value is -6.49. The van der Waals surface area contributed by atoms with Gasteiger partial charge in [-0.2, -0.15) is 0 Å². The van der Waals surface area contributed by atoms with E-state index in [4.69, 9.17) is 29.4 Å². The third-order valence-electron chi connectivity index (χ3n) is 8.49. The summed E-state index contributed by atoms with van der Waals surface area (Å²) in [6.45, 7) is 5.94. The first kappa shape index (κ1) is 50.9. The fourth-order valence-electron chi connectivity index (χ4n) is 5.78. The minimum Gasteiger partial charge on any atom is -0.489 e. The molecule has 0 aliphatic carbocycles. The number of carboxylic acids is 1. The average molecular weight is 967 g/mol. The van der Waals surface area contributed by atoms with Gasteiger partial charge in [-0.05, 0) is 129 Å². The van der Waals surface area contributed by atoms with E-state index >= 15 is 0 Å². The van der Waals surface area contributed by atoms with Crippen molar-refractivity contribution in [3.05, 3.63) is 171 Å². The third-order valence-corrected chi connectivity index (χ3v) is 9.21. The highest BCUT2D eigenvalue weighted by atomic mass is 127. The maximum Gasteiger partial charge on any atom is 0.488 e. The molecule has 63 heavy (non-hydrogen) atoms. The number of halogens is 1. The number of carbonyl (C=O) groups is 4. The van der Waals surface area contributed by atoms with Crippen LogP contribution >= 0.6 is 22.6 Å². The SMILES string of the molecule is C.CC(=O)Nc1cccc(-c2ccc(OCc3cccc(CC(=O)O)c3)cc2)c1.CC(=O)Nc1cccc(B(O)O)c1.CCOC(=O)Cc1cccc(COc2ccc(I)cc2)c1. The van der Waals surface area contributed by atoms with E-state index in [1.807, 2.05) is 122 Å². The van der Waals surface area contributed by atoms with E-state index in [0.29, 0.717) is 37.4 Å². The normalized spacial score (nSPS) is 9.94. The Labute approximate surface area is 382 Å². The molecule has 0 saturated heterocycles. The summed E-state index contributed by atoms with van der Waals surface area (Å²) in [5, 5.41) is 31.9. The number of ether oxygens (including phenoxy) is 3. The fraction of sp³-hybridized carbons (Fsp3) is 0.184. The van der Waals surface area contributed by atoms with Crippen molar-refractivity contribution in [2.75, 3.05) is 17.2 Å². The van der Waals surface area contributed by atoms with E-state index in [1.165, 1.54) is 23.5 Å². The second kappa shape index (κ2) is 26.8. The molecule has 5 N–H and O–H groups in total. The minimum absolute atomic E-state index is 0. The summed E-state index contributed by atoms with van der Waals surface area (Å²) in [5.74, 6) is 0.221. The first-order valence-electron chi connectivity index (χ1n) is 19.5. The lowest BCUT2D eigenvalue weighted by molar-refractivity contribution is -0.142. The molecule has 14 heteroatoms. The molecule has 0 heterocycles. The Kier molecular flexibility index (Phi) is 21.6. The van der Waals surface area contributed by atoms with Crippen LogP contribution in [0.1, 0.15) is 50.5 Å². The number of rotatable bonds is 15. The van der Waals surface area contributed by atoms with Gasteiger partial charge in [0.2, 0.25) is 11.8 Å². The highest BCUT2D eigenvalue weighted by Gasteiger charge is 2.11. The van der Waals surface area contributed by atoms with Crippen LogP contribution in [-0.4, -0.2) is 52.6 Å². The zero-order valence-corrected chi connectivity index (χ0v) is 36.7. The molecule has 0 unspecified atom stereocenters. The Balaban J connectivity index is 0.000000267. The van der Waals surface area contributed by atoms with Crippen LogP contribution in [0.5, 0.6) is 11.5 Å². The van der Waals surface area contributed by atoms with Crippen molar-refractivity contribution in [3.8, 4) is 22.6 Å². The molecule has 6 aromatic carbocycles. The molecule has 12 nitrogen and oxygen atoms in total. The molecule has 0 aromatic heterocycles. The number of benzene rings is 6. The largest absolute Gasteiger partial charge is 0.489 e. The van der Waals surface area contributed by atoms with Crippen LogP contribution in [0.4, 0.5) is 11.4 Å². The van der Waals surface area contributed by atoms with Crippen molar-refractivity contribution < 1.29 is 48.5 Å². The Bertz CT molecular complexity index is 2390. The van der Waals surface area contributed by atoms with Crippen LogP contribution in [0, 0.1) is 3.57 Å². The maximum absolute atomic E-state index is 11.5. The van der Waals surface area contributed by atoms with E-state index in [-0.39, 0.29) is 31.6 Å². The summed E-state index contributed by atoms with van der Waals surface area (Å²) in [6.07, 6.45) is 0.297. The van der Waals surface area contributed by atoms with Gasteiger partial charge in [0.1, 0.15) is 24.7 Å². The summed E-state index contributed by atoms with van der Waals surface area (Å²) in [6, 6.07) is 44.8. The number of nitrogens with one attached hydrogen (secondary N) is 2. The average Bonchev–Trinajstić information content (AvgIpc) is 3.23. The molecule has 0 bridgehead atoms. The Morgan fingerprint density at radius 1 is 0.587 bits per heavy atom. The van der Waals surface area contributed by atoms with Crippen LogP contribution in [0.3, 0.4) is 0 Å². The van der Waals surface area contributed by atoms with Gasteiger partial charge in [0.05, 0.1) is 19.4 Å². The second-order valence-corrected chi connectivity index (χ2v) is 14.9. The summed E-state index contributed by atoms with van der Waals surface area (Å²) in [4.78, 5) is 44.2. The number of carbonyl (C=O) groups excluding carboxylic acids is 3. The van der Waals surface area contributed by atoms with Gasteiger partial charge in [0.15, 0.2) is 0 Å². The lowest BCUT2D eigenvalue weighted by atomic mass is 9.80. The molecule has 6 rings (SSSR count). The summed E-state index contributed by atoms with van der Waals surface area (Å²) < 4.78 is 17.7. The van der Waals surface area contributed by atoms with Crippen molar-refractivity contribution in [2.45, 2.75) is 54.3 Å². The standard InChI is InChI=1S/C23H21NO4.C17H17IO3.C8H10BNO3.CH4/c1-16(25)24-21-7-3-6-20(14-21)19-8-10-22(11-9-19)28-15-18-5-2-4-17(12-18)13-23(26)27;1-2-20-17(19)11-13-4-3-5-14(10-13)12-21-16-8-6-15(18)7-9-16;1-6(11)10-8-4-2-3-7(5-8)9(12)13;/h2-12,14H,13,15H2,1H3,(H,24,25)(H,26,27);3-10H,2,11-12H2,1H3;2-5,12-13H,1H3,(H,10,11);1H4. The van der Waals surface area contributed by atoms with Gasteiger partial charge in [-0.15, -0.1) is 0 Å². The van der Waals surface area contributed by atoms with Gasteiger partial charge in [-0.3, -0.25) is 19.2 Å². The van der Waals surface area contributed by atoms with Crippen molar-refractivity contribution in [2.24, 2.45) is 0 Å². The molecule has 0 aliphatic rings. The molecule has 0 atom stereocenters. The van der Waals surface area contributed by atoms with E-state index in [9.17, 15) is 19.2 Å². The molecule has 2 amide bonds. The van der Waals surface area contributed by atoms with Crippen LogP contribution < -0.4 is 25.6 Å². The first-order chi connectivity index (χ1) is 29.8. The van der Waals surface area contributed by atoms with Gasteiger partial charge in [0.25, 0.3) is 0 Å². The van der Waals surface area contributed by atoms with Gasteiger partial charge in [-0.25, -0.2) is 0 Å². The fourth-order valence-corrected chi connectivity index (χ4v) is 6.14. The van der Waals surface area contributed by atoms with E-state index < -0.39 is 13.1 Å². The van der Waals surface area contributed by atoms with Gasteiger partial charge < -0.3 is 40.0 Å². The van der Waals surface area contributed by atoms with Crippen molar-refractivity contribution in [3.63, 3.8) is 0 Å². The number of aliphatic carboxylic acids is 1. The van der Waals surface area contributed by atoms with Crippen molar-refractivity contribution in [1.29, 1.82) is 0 Å². The summed E-state index contributed by atoms with van der Waals surface area (Å²) in [7, 11) is -1.51. The monoisotopic (exact) mass is 966 g/mol. The van der Waals surface area contributed by atoms with Crippen molar-refractivity contribution in [1.82, 2.24) is 0 Å². The van der Waals surface area contributed by atoms with Crippen LogP contribution in [-0.2, 0) is 50.0 Å². The second-order valence-electron chi connectivity index (χ2n) is 13.7. The predicted octanol–water partition coefficient (Wildman–Crippen LogP) is 8.45. The van der Waals surface area contributed by atoms with E-state index in [2.05, 4.69) is 33.2 Å². The quantitative estimate of drug-likeness (QED) is 0.0381. The molecular weight excluding hydrogens is 914 g/mol. The number of anilines is 2. The Morgan fingerprint density at radius 2 is 1.06 bits per heavy atom. The number of amides is 2. The van der Waals surface area contributed by atoms with Crippen LogP contribution in [0.2, 0.25) is 0 Å². The number of carboxylic acid groups (broad SMARTS) is 1. The number of esters is 1. The van der Waals surface area contributed by atoms with Gasteiger partial charge in [0, 0.05) is 28.8 Å². The molecule has 6 aromatic rings. The molecule has 0 saturated carbocycles. The molecular formula is C49H52BIN2O10. The number of hydrogen-bond donors (Lipinski definition) is 5. The lowest BCUT2D eigenvalue weighted by Gasteiger charge is -2.09. The Morgan fingerprint density at radius 3 is 1.57 bits per heavy atom. The first-order valence-corrected chi connectivity index (χ1v) is 20.6. The maximum atomic E-state index is 11.5. The summed E-state index contributed by atoms with van der Waals surface area (Å²) >= 11 is 2.26. The topological polar surface area (TPSA) is 181 Å². The van der Waals surface area contributed by atoms with Crippen LogP contribution in [0.15, 0.2) is 146 Å². The molecule has 0 aliphatic heterocycles. The lowest BCUT2D eigenvalue weighted by Crippen LogP contribution is -2.29. The predicted molar refractivity (Wildman–Crippen MR) is 256 cm³/mol. The van der Waals surface area contributed by atoms with Gasteiger partial charge >= 0.3 is 19.1 Å². The zero-order chi connectivity index (χ0) is 44.9. The van der Waals surface area contributed by atoms with Gasteiger partial charge in [-0.1, -0.05) is 92.4 Å². The molecule has 0 fully saturated rings. The van der Waals surface area contributed by atoms with E-state index in [1.54, 1.807) is 24.3 Å². The molecule has 0 spiro atoms. The number of hydrogen-bond acceptors (Lipinski definition) is 9. The molecule has 328 valence electrons. The highest BCUT2D eigenvalue weighted by Crippen LogP contribution is 2.25. The minimum atomic E-state index is -1.51. The third kappa shape index (κ3) is 19.4.